The topological polar surface area (TPSA) is 50.1 Å². The first-order chi connectivity index (χ1) is 11.0. The number of rotatable bonds is 3. The highest BCUT2D eigenvalue weighted by atomic mass is 35.5. The normalized spacial score (nSPS) is 11.9. The van der Waals surface area contributed by atoms with E-state index in [2.05, 4.69) is 16.0 Å². The largest absolute Gasteiger partial charge is 0.337 e. The van der Waals surface area contributed by atoms with Gasteiger partial charge in [-0.3, -0.25) is 4.98 Å². The standard InChI is InChI=1S/C16H13Cl2N3OS/c1-10-3-2-4-11(7-10)9-21-16(22)20-15(23-21)19-12-5-6-13(17)14(18)8-12/h2-8H,9H2,1H3,(H,19,20,22). The lowest BCUT2D eigenvalue weighted by Gasteiger charge is -2.01. The Morgan fingerprint density at radius 2 is 2.00 bits per heavy atom. The summed E-state index contributed by atoms with van der Waals surface area (Å²) in [6.45, 7) is 2.54. The molecule has 1 heterocycles. The van der Waals surface area contributed by atoms with Crippen LogP contribution in [0.3, 0.4) is 0 Å². The molecule has 0 unspecified atom stereocenters. The molecule has 0 aliphatic rings. The Balaban J connectivity index is 1.92. The SMILES string of the molecule is Cc1cccc(Cn2s/c(=N/c3ccc(Cl)c(Cl)c3)[nH]c2=O)c1. The summed E-state index contributed by atoms with van der Waals surface area (Å²) < 4.78 is 1.63. The zero-order valence-corrected chi connectivity index (χ0v) is 14.5. The summed E-state index contributed by atoms with van der Waals surface area (Å²) in [4.78, 5) is 19.7. The molecule has 4 nitrogen and oxygen atoms in total. The summed E-state index contributed by atoms with van der Waals surface area (Å²) in [6.07, 6.45) is 0. The lowest BCUT2D eigenvalue weighted by atomic mass is 10.1. The molecule has 0 amide bonds. The summed E-state index contributed by atoms with van der Waals surface area (Å²) >= 11 is 13.1. The Hall–Kier alpha value is -1.82. The molecule has 0 saturated carbocycles. The first-order valence-electron chi connectivity index (χ1n) is 6.87. The fourth-order valence-electron chi connectivity index (χ4n) is 2.12. The van der Waals surface area contributed by atoms with Gasteiger partial charge in [0.15, 0.2) is 0 Å². The van der Waals surface area contributed by atoms with Crippen molar-refractivity contribution < 1.29 is 0 Å². The fourth-order valence-corrected chi connectivity index (χ4v) is 3.25. The van der Waals surface area contributed by atoms with Crippen LogP contribution in [0.25, 0.3) is 0 Å². The number of hydrogen-bond donors (Lipinski definition) is 1. The number of hydrogen-bond acceptors (Lipinski definition) is 3. The molecule has 0 atom stereocenters. The average molecular weight is 366 g/mol. The van der Waals surface area contributed by atoms with E-state index in [4.69, 9.17) is 23.2 Å². The molecule has 0 fully saturated rings. The van der Waals surface area contributed by atoms with Gasteiger partial charge in [-0.05, 0) is 42.2 Å². The molecule has 0 aliphatic carbocycles. The summed E-state index contributed by atoms with van der Waals surface area (Å²) in [5.41, 5.74) is 2.69. The van der Waals surface area contributed by atoms with Crippen LogP contribution in [0.4, 0.5) is 5.69 Å². The van der Waals surface area contributed by atoms with Crippen LogP contribution in [0, 0.1) is 6.92 Å². The van der Waals surface area contributed by atoms with Crippen molar-refractivity contribution in [2.24, 2.45) is 4.99 Å². The van der Waals surface area contributed by atoms with Gasteiger partial charge in [0, 0.05) is 0 Å². The molecule has 0 aliphatic heterocycles. The van der Waals surface area contributed by atoms with Crippen molar-refractivity contribution in [3.63, 3.8) is 0 Å². The van der Waals surface area contributed by atoms with Crippen LogP contribution >= 0.6 is 34.7 Å². The van der Waals surface area contributed by atoms with Crippen molar-refractivity contribution in [2.45, 2.75) is 13.5 Å². The highest BCUT2D eigenvalue weighted by Crippen LogP contribution is 2.26. The van der Waals surface area contributed by atoms with Gasteiger partial charge < -0.3 is 0 Å². The third-order valence-corrected chi connectivity index (χ3v) is 4.80. The van der Waals surface area contributed by atoms with E-state index < -0.39 is 0 Å². The van der Waals surface area contributed by atoms with Crippen molar-refractivity contribution >= 4 is 40.4 Å². The number of halogens is 2. The third-order valence-electron chi connectivity index (χ3n) is 3.18. The van der Waals surface area contributed by atoms with Gasteiger partial charge in [0.1, 0.15) is 0 Å². The maximum Gasteiger partial charge on any atom is 0.337 e. The van der Waals surface area contributed by atoms with Crippen molar-refractivity contribution in [2.75, 3.05) is 0 Å². The van der Waals surface area contributed by atoms with Crippen LogP contribution in [-0.2, 0) is 6.54 Å². The minimum Gasteiger partial charge on any atom is -0.281 e. The lowest BCUT2D eigenvalue weighted by molar-refractivity contribution is 0.820. The zero-order chi connectivity index (χ0) is 16.4. The van der Waals surface area contributed by atoms with Gasteiger partial charge in [-0.15, -0.1) is 0 Å². The van der Waals surface area contributed by atoms with Crippen molar-refractivity contribution in [1.29, 1.82) is 0 Å². The second-order valence-electron chi connectivity index (χ2n) is 5.06. The summed E-state index contributed by atoms with van der Waals surface area (Å²) in [5, 5.41) is 0.902. The molecule has 3 aromatic rings. The molecule has 7 heteroatoms. The van der Waals surface area contributed by atoms with E-state index in [1.54, 1.807) is 22.2 Å². The van der Waals surface area contributed by atoms with Crippen LogP contribution in [0.5, 0.6) is 0 Å². The Bertz CT molecular complexity index is 972. The molecule has 118 valence electrons. The van der Waals surface area contributed by atoms with Gasteiger partial charge in [-0.2, -0.15) is 0 Å². The van der Waals surface area contributed by atoms with E-state index in [1.165, 1.54) is 11.5 Å². The van der Waals surface area contributed by atoms with Gasteiger partial charge in [0.05, 0.1) is 22.3 Å². The van der Waals surface area contributed by atoms with E-state index >= 15 is 0 Å². The maximum absolute atomic E-state index is 12.1. The number of aromatic nitrogens is 2. The molecule has 1 aromatic heterocycles. The zero-order valence-electron chi connectivity index (χ0n) is 12.2. The molecule has 23 heavy (non-hydrogen) atoms. The summed E-state index contributed by atoms with van der Waals surface area (Å²) in [5.74, 6) is 0. The quantitative estimate of drug-likeness (QED) is 0.744. The van der Waals surface area contributed by atoms with Crippen molar-refractivity contribution in [3.05, 3.63) is 78.9 Å². The Morgan fingerprint density at radius 1 is 1.17 bits per heavy atom. The smallest absolute Gasteiger partial charge is 0.281 e. The average Bonchev–Trinajstić information content (AvgIpc) is 2.83. The van der Waals surface area contributed by atoms with Crippen LogP contribution in [0.2, 0.25) is 10.0 Å². The molecular formula is C16H13Cl2N3OS. The monoisotopic (exact) mass is 365 g/mol. The predicted molar refractivity (Wildman–Crippen MR) is 94.9 cm³/mol. The molecule has 0 spiro atoms. The van der Waals surface area contributed by atoms with Gasteiger partial charge in [0.25, 0.3) is 0 Å². The van der Waals surface area contributed by atoms with Crippen LogP contribution < -0.4 is 10.5 Å². The second-order valence-corrected chi connectivity index (χ2v) is 6.89. The van der Waals surface area contributed by atoms with Crippen LogP contribution in [0.15, 0.2) is 52.3 Å². The van der Waals surface area contributed by atoms with Gasteiger partial charge >= 0.3 is 5.69 Å². The minimum atomic E-state index is -0.185. The lowest BCUT2D eigenvalue weighted by Crippen LogP contribution is -2.17. The minimum absolute atomic E-state index is 0.185. The number of nitrogens with zero attached hydrogens (tertiary/aromatic N) is 2. The van der Waals surface area contributed by atoms with Gasteiger partial charge in [-0.25, -0.2) is 13.7 Å². The van der Waals surface area contributed by atoms with E-state index in [1.807, 2.05) is 25.1 Å². The first-order valence-corrected chi connectivity index (χ1v) is 8.40. The molecule has 0 saturated heterocycles. The number of aromatic amines is 1. The first kappa shape index (κ1) is 16.1. The van der Waals surface area contributed by atoms with E-state index in [0.717, 1.165) is 11.1 Å². The number of aryl methyl sites for hydroxylation is 1. The second kappa shape index (κ2) is 6.74. The Labute approximate surface area is 146 Å². The predicted octanol–water partition coefficient (Wildman–Crippen LogP) is 4.13. The van der Waals surface area contributed by atoms with Crippen molar-refractivity contribution in [1.82, 2.24) is 8.94 Å². The van der Waals surface area contributed by atoms with Gasteiger partial charge in [0.2, 0.25) is 4.80 Å². The van der Waals surface area contributed by atoms with Crippen LogP contribution in [-0.4, -0.2) is 8.94 Å². The Morgan fingerprint density at radius 3 is 2.74 bits per heavy atom. The van der Waals surface area contributed by atoms with E-state index in [9.17, 15) is 4.79 Å². The molecule has 0 radical (unpaired) electrons. The molecule has 0 bridgehead atoms. The summed E-state index contributed by atoms with van der Waals surface area (Å²) in [7, 11) is 0. The van der Waals surface area contributed by atoms with Crippen LogP contribution in [0.1, 0.15) is 11.1 Å². The molecule has 2 aromatic carbocycles. The van der Waals surface area contributed by atoms with E-state index in [-0.39, 0.29) is 5.69 Å². The third kappa shape index (κ3) is 3.93. The Kier molecular flexibility index (Phi) is 4.71. The molecular weight excluding hydrogens is 353 g/mol. The number of benzene rings is 2. The summed E-state index contributed by atoms with van der Waals surface area (Å²) in [6, 6.07) is 13.1. The van der Waals surface area contributed by atoms with Crippen molar-refractivity contribution in [3.8, 4) is 0 Å². The highest BCUT2D eigenvalue weighted by Gasteiger charge is 2.03. The maximum atomic E-state index is 12.1. The molecule has 3 rings (SSSR count). The van der Waals surface area contributed by atoms with Gasteiger partial charge in [-0.1, -0.05) is 53.0 Å². The van der Waals surface area contributed by atoms with E-state index in [0.29, 0.717) is 27.1 Å². The highest BCUT2D eigenvalue weighted by molar-refractivity contribution is 7.03. The number of H-pyrrole nitrogens is 1. The fraction of sp³-hybridized carbons (Fsp3) is 0.125. The number of nitrogens with one attached hydrogen (secondary N) is 1. The molecule has 1 N–H and O–H groups in total.